The lowest BCUT2D eigenvalue weighted by molar-refractivity contribution is -0.387. The van der Waals surface area contributed by atoms with Crippen LogP contribution in [0.2, 0.25) is 0 Å². The molecule has 12 heteroatoms. The average molecular weight is 401 g/mol. The molecule has 0 unspecified atom stereocenters. The summed E-state index contributed by atoms with van der Waals surface area (Å²) < 4.78 is 55.0. The van der Waals surface area contributed by atoms with Crippen LogP contribution in [0.4, 0.5) is 14.5 Å². The third-order valence-electron chi connectivity index (χ3n) is 2.58. The Balaban J connectivity index is 3.53. The fraction of sp³-hybridized carbons (Fsp3) is 0.250. The van der Waals surface area contributed by atoms with Crippen LogP contribution in [0, 0.1) is 28.4 Å². The molecular formula is C12H8Cl2F2N2O5S. The molecule has 1 rings (SSSR count). The van der Waals surface area contributed by atoms with E-state index in [1.54, 1.807) is 0 Å². The number of hydrogen-bond acceptors (Lipinski definition) is 6. The van der Waals surface area contributed by atoms with Gasteiger partial charge in [-0.05, 0) is 18.6 Å². The molecule has 1 aromatic carbocycles. The maximum absolute atomic E-state index is 13.4. The van der Waals surface area contributed by atoms with Crippen LogP contribution in [-0.4, -0.2) is 24.3 Å². The van der Waals surface area contributed by atoms with Gasteiger partial charge in [0.1, 0.15) is 0 Å². The highest BCUT2D eigenvalue weighted by molar-refractivity contribution is 7.94. The van der Waals surface area contributed by atoms with Gasteiger partial charge in [-0.15, -0.1) is 0 Å². The smallest absolute Gasteiger partial charge is 0.423 e. The van der Waals surface area contributed by atoms with Crippen molar-refractivity contribution in [3.63, 3.8) is 0 Å². The van der Waals surface area contributed by atoms with E-state index in [4.69, 9.17) is 28.5 Å². The van der Waals surface area contributed by atoms with Crippen molar-refractivity contribution in [3.8, 4) is 11.8 Å². The number of nitro groups is 1. The lowest BCUT2D eigenvalue weighted by Gasteiger charge is -2.19. The molecule has 130 valence electrons. The Morgan fingerprint density at radius 3 is 2.50 bits per heavy atom. The van der Waals surface area contributed by atoms with E-state index in [1.165, 1.54) is 13.0 Å². The van der Waals surface area contributed by atoms with E-state index in [9.17, 15) is 27.3 Å². The fourth-order valence-electron chi connectivity index (χ4n) is 1.57. The van der Waals surface area contributed by atoms with Gasteiger partial charge < -0.3 is 4.74 Å². The van der Waals surface area contributed by atoms with Gasteiger partial charge in [-0.3, -0.25) is 10.1 Å². The average Bonchev–Trinajstić information content (AvgIpc) is 2.44. The largest absolute Gasteiger partial charge is 0.429 e. The summed E-state index contributed by atoms with van der Waals surface area (Å²) in [5.41, 5.74) is -1.15. The van der Waals surface area contributed by atoms with E-state index in [-0.39, 0.29) is 5.56 Å². The van der Waals surface area contributed by atoms with Crippen molar-refractivity contribution in [2.24, 2.45) is 0 Å². The first-order valence-corrected chi connectivity index (χ1v) is 8.29. The van der Waals surface area contributed by atoms with E-state index in [0.29, 0.717) is 17.6 Å². The summed E-state index contributed by atoms with van der Waals surface area (Å²) >= 11 is 10.1. The van der Waals surface area contributed by atoms with E-state index in [1.807, 2.05) is 0 Å². The SMILES string of the molecule is Cc1cc(OC(F)(F)C(Cl)Cl)c([N+](=O)[O-])cc1S(=O)(=O)C=CC#N. The third kappa shape index (κ3) is 4.53. The molecule has 0 saturated heterocycles. The number of rotatable bonds is 6. The molecule has 7 nitrogen and oxygen atoms in total. The second-order valence-electron chi connectivity index (χ2n) is 4.28. The zero-order valence-corrected chi connectivity index (χ0v) is 14.1. The summed E-state index contributed by atoms with van der Waals surface area (Å²) in [5.74, 6) is -0.906. The van der Waals surface area contributed by atoms with E-state index >= 15 is 0 Å². The number of allylic oxidation sites excluding steroid dienone is 1. The molecule has 0 aromatic heterocycles. The number of halogens is 4. The normalized spacial score (nSPS) is 12.4. The Kier molecular flexibility index (Phi) is 6.10. The zero-order chi connectivity index (χ0) is 18.7. The molecule has 0 aliphatic rings. The molecule has 0 aliphatic heterocycles. The van der Waals surface area contributed by atoms with Gasteiger partial charge in [-0.2, -0.15) is 14.0 Å². The van der Waals surface area contributed by atoms with Crippen molar-refractivity contribution < 1.29 is 26.9 Å². The van der Waals surface area contributed by atoms with E-state index < -0.39 is 42.0 Å². The lowest BCUT2D eigenvalue weighted by atomic mass is 10.2. The molecule has 0 fully saturated rings. The molecule has 0 saturated carbocycles. The summed E-state index contributed by atoms with van der Waals surface area (Å²) in [4.78, 5) is 7.09. The summed E-state index contributed by atoms with van der Waals surface area (Å²) in [6, 6.07) is 2.75. The van der Waals surface area contributed by atoms with E-state index in [0.717, 1.165) is 6.07 Å². The monoisotopic (exact) mass is 400 g/mol. The van der Waals surface area contributed by atoms with Crippen molar-refractivity contribution in [1.82, 2.24) is 0 Å². The van der Waals surface area contributed by atoms with Gasteiger partial charge in [0.15, 0.2) is 0 Å². The zero-order valence-electron chi connectivity index (χ0n) is 11.7. The van der Waals surface area contributed by atoms with Crippen LogP contribution >= 0.6 is 23.2 Å². The van der Waals surface area contributed by atoms with Crippen molar-refractivity contribution in [2.45, 2.75) is 22.8 Å². The molecule has 0 heterocycles. The molecule has 0 aliphatic carbocycles. The number of hydrogen-bond donors (Lipinski definition) is 0. The van der Waals surface area contributed by atoms with Crippen molar-refractivity contribution in [1.29, 1.82) is 5.26 Å². The highest BCUT2D eigenvalue weighted by atomic mass is 35.5. The summed E-state index contributed by atoms with van der Waals surface area (Å²) in [7, 11) is -4.19. The topological polar surface area (TPSA) is 110 Å². The summed E-state index contributed by atoms with van der Waals surface area (Å²) in [5, 5.41) is 19.9. The highest BCUT2D eigenvalue weighted by Crippen LogP contribution is 2.38. The summed E-state index contributed by atoms with van der Waals surface area (Å²) in [6.07, 6.45) is -3.48. The molecular weight excluding hydrogens is 393 g/mol. The van der Waals surface area contributed by atoms with Crippen LogP contribution < -0.4 is 4.74 Å². The van der Waals surface area contributed by atoms with Crippen molar-refractivity contribution >= 4 is 38.7 Å². The number of ether oxygens (including phenoxy) is 1. The number of aryl methyl sites for hydroxylation is 1. The molecule has 0 atom stereocenters. The molecule has 0 N–H and O–H groups in total. The number of nitro benzene ring substituents is 1. The second-order valence-corrected chi connectivity index (χ2v) is 7.18. The molecule has 24 heavy (non-hydrogen) atoms. The highest BCUT2D eigenvalue weighted by Gasteiger charge is 2.42. The molecule has 1 aromatic rings. The van der Waals surface area contributed by atoms with Gasteiger partial charge in [-0.1, -0.05) is 23.2 Å². The quantitative estimate of drug-likeness (QED) is 0.312. The molecule has 0 amide bonds. The molecule has 0 bridgehead atoms. The van der Waals surface area contributed by atoms with Crippen LogP contribution in [0.1, 0.15) is 5.56 Å². The number of benzene rings is 1. The van der Waals surface area contributed by atoms with Crippen LogP contribution in [0.5, 0.6) is 5.75 Å². The fourth-order valence-corrected chi connectivity index (χ4v) is 2.83. The number of nitrogens with zero attached hydrogens (tertiary/aromatic N) is 2. The predicted molar refractivity (Wildman–Crippen MR) is 80.8 cm³/mol. The van der Waals surface area contributed by atoms with Gasteiger partial charge in [0.05, 0.1) is 15.9 Å². The maximum atomic E-state index is 13.4. The van der Waals surface area contributed by atoms with Gasteiger partial charge in [0.25, 0.3) is 0 Å². The van der Waals surface area contributed by atoms with Gasteiger partial charge >= 0.3 is 11.8 Å². The first kappa shape index (κ1) is 20.1. The first-order valence-electron chi connectivity index (χ1n) is 5.87. The Morgan fingerprint density at radius 1 is 1.46 bits per heavy atom. The third-order valence-corrected chi connectivity index (χ3v) is 4.64. The second kappa shape index (κ2) is 7.29. The molecule has 0 radical (unpaired) electrons. The minimum atomic E-state index is -4.19. The maximum Gasteiger partial charge on any atom is 0.429 e. The Morgan fingerprint density at radius 2 is 2.04 bits per heavy atom. The van der Waals surface area contributed by atoms with Crippen LogP contribution in [-0.2, 0) is 9.84 Å². The van der Waals surface area contributed by atoms with Crippen molar-refractivity contribution in [2.75, 3.05) is 0 Å². The number of nitriles is 1. The standard InChI is InChI=1S/C12H8Cl2F2N2O5S/c1-7-5-9(23-12(15,16)11(13)14)8(18(19)20)6-10(7)24(21,22)4-2-3-17/h2,4-6,11H,1H3. The summed E-state index contributed by atoms with van der Waals surface area (Å²) in [6.45, 7) is 1.21. The van der Waals surface area contributed by atoms with Crippen LogP contribution in [0.25, 0.3) is 0 Å². The Labute approximate surface area is 145 Å². The number of alkyl halides is 4. The van der Waals surface area contributed by atoms with Gasteiger partial charge in [0, 0.05) is 17.6 Å². The minimum Gasteiger partial charge on any atom is -0.423 e. The van der Waals surface area contributed by atoms with Crippen LogP contribution in [0.3, 0.4) is 0 Å². The lowest BCUT2D eigenvalue weighted by Crippen LogP contribution is -2.32. The van der Waals surface area contributed by atoms with E-state index in [2.05, 4.69) is 4.74 Å². The molecule has 0 spiro atoms. The Bertz CT molecular complexity index is 835. The van der Waals surface area contributed by atoms with Gasteiger partial charge in [-0.25, -0.2) is 8.42 Å². The minimum absolute atomic E-state index is 0.116. The van der Waals surface area contributed by atoms with Crippen molar-refractivity contribution in [3.05, 3.63) is 39.3 Å². The predicted octanol–water partition coefficient (Wildman–Crippen LogP) is 3.49. The van der Waals surface area contributed by atoms with Crippen LogP contribution in [0.15, 0.2) is 28.5 Å². The first-order chi connectivity index (χ1) is 10.9. The Hall–Kier alpha value is -1.96. The van der Waals surface area contributed by atoms with Gasteiger partial charge in [0.2, 0.25) is 20.4 Å². The number of sulfone groups is 1.